The molecule has 1 fully saturated rings. The van der Waals surface area contributed by atoms with Crippen LogP contribution in [-0.2, 0) is 27.3 Å². The van der Waals surface area contributed by atoms with E-state index in [1.807, 2.05) is 36.4 Å². The average Bonchev–Trinajstić information content (AvgIpc) is 3.02. The van der Waals surface area contributed by atoms with Crippen LogP contribution in [0.1, 0.15) is 42.4 Å². The van der Waals surface area contributed by atoms with Gasteiger partial charge in [0.15, 0.2) is 0 Å². The van der Waals surface area contributed by atoms with Crippen molar-refractivity contribution in [1.82, 2.24) is 10.6 Å². The first-order valence-corrected chi connectivity index (χ1v) is 14.9. The Labute approximate surface area is 253 Å². The number of carbonyl (C=O) groups is 1. The summed E-state index contributed by atoms with van der Waals surface area (Å²) in [6, 6.07) is 20.6. The molecule has 0 aromatic heterocycles. The molecule has 3 aromatic rings. The van der Waals surface area contributed by atoms with Crippen LogP contribution in [0.2, 0.25) is 0 Å². The monoisotopic (exact) mass is 594 g/mol. The SMILES string of the molecule is COc1ccccc1COCCCOc1ccc([C@H]2CCNCC2OCCOc2cc(F)ccc2CCNC(C)=O)cc1. The lowest BCUT2D eigenvalue weighted by Gasteiger charge is -2.32. The Kier molecular flexibility index (Phi) is 13.1. The molecule has 4 rings (SSSR count). The predicted octanol–water partition coefficient (Wildman–Crippen LogP) is 5.04. The molecule has 0 spiro atoms. The number of para-hydroxylation sites is 1. The van der Waals surface area contributed by atoms with Crippen LogP contribution < -0.4 is 24.8 Å². The van der Waals surface area contributed by atoms with E-state index in [0.29, 0.717) is 51.7 Å². The van der Waals surface area contributed by atoms with Crippen LogP contribution in [-0.4, -0.2) is 65.2 Å². The Morgan fingerprint density at radius 3 is 2.60 bits per heavy atom. The fraction of sp³-hybridized carbons (Fsp3) is 0.441. The number of methoxy groups -OCH3 is 1. The molecule has 232 valence electrons. The highest BCUT2D eigenvalue weighted by atomic mass is 19.1. The molecule has 1 saturated heterocycles. The summed E-state index contributed by atoms with van der Waals surface area (Å²) in [5, 5.41) is 6.18. The zero-order valence-electron chi connectivity index (χ0n) is 25.1. The van der Waals surface area contributed by atoms with Gasteiger partial charge in [0.2, 0.25) is 5.91 Å². The number of benzene rings is 3. The Hall–Kier alpha value is -3.66. The lowest BCUT2D eigenvalue weighted by atomic mass is 9.88. The quantitative estimate of drug-likeness (QED) is 0.212. The molecule has 1 amide bonds. The first-order chi connectivity index (χ1) is 21.0. The fourth-order valence-corrected chi connectivity index (χ4v) is 5.15. The highest BCUT2D eigenvalue weighted by Crippen LogP contribution is 2.29. The van der Waals surface area contributed by atoms with Crippen molar-refractivity contribution in [1.29, 1.82) is 0 Å². The minimum atomic E-state index is -0.361. The van der Waals surface area contributed by atoms with Crippen LogP contribution in [0, 0.1) is 5.82 Å². The summed E-state index contributed by atoms with van der Waals surface area (Å²) in [7, 11) is 1.66. The molecule has 0 radical (unpaired) electrons. The van der Waals surface area contributed by atoms with Crippen molar-refractivity contribution >= 4 is 5.91 Å². The van der Waals surface area contributed by atoms with Crippen molar-refractivity contribution in [3.05, 3.63) is 89.2 Å². The van der Waals surface area contributed by atoms with Crippen molar-refractivity contribution in [2.45, 2.75) is 44.8 Å². The van der Waals surface area contributed by atoms with Gasteiger partial charge < -0.3 is 34.3 Å². The molecule has 1 aliphatic heterocycles. The first kappa shape index (κ1) is 32.3. The zero-order chi connectivity index (χ0) is 30.3. The smallest absolute Gasteiger partial charge is 0.216 e. The molecule has 3 aromatic carbocycles. The van der Waals surface area contributed by atoms with E-state index in [-0.39, 0.29) is 23.7 Å². The molecule has 2 N–H and O–H groups in total. The second-order valence-corrected chi connectivity index (χ2v) is 10.5. The molecule has 1 unspecified atom stereocenters. The van der Waals surface area contributed by atoms with Gasteiger partial charge in [0, 0.05) is 44.0 Å². The topological polar surface area (TPSA) is 87.3 Å². The molecule has 8 nitrogen and oxygen atoms in total. The third-order valence-electron chi connectivity index (χ3n) is 7.36. The summed E-state index contributed by atoms with van der Waals surface area (Å²) in [6.45, 7) is 5.98. The van der Waals surface area contributed by atoms with Crippen LogP contribution >= 0.6 is 0 Å². The highest BCUT2D eigenvalue weighted by Gasteiger charge is 2.27. The third kappa shape index (κ3) is 10.5. The van der Waals surface area contributed by atoms with Gasteiger partial charge in [0.1, 0.15) is 29.7 Å². The molecule has 0 saturated carbocycles. The molecule has 1 aliphatic rings. The summed E-state index contributed by atoms with van der Waals surface area (Å²) in [6.07, 6.45) is 2.31. The molecule has 43 heavy (non-hydrogen) atoms. The van der Waals surface area contributed by atoms with Crippen LogP contribution in [0.15, 0.2) is 66.7 Å². The van der Waals surface area contributed by atoms with Gasteiger partial charge in [-0.3, -0.25) is 4.79 Å². The van der Waals surface area contributed by atoms with Gasteiger partial charge in [-0.2, -0.15) is 0 Å². The Balaban J connectivity index is 1.18. The van der Waals surface area contributed by atoms with Crippen molar-refractivity contribution in [3.8, 4) is 17.2 Å². The van der Waals surface area contributed by atoms with Gasteiger partial charge in [-0.15, -0.1) is 0 Å². The summed E-state index contributed by atoms with van der Waals surface area (Å²) < 4.78 is 43.1. The number of nitrogens with one attached hydrogen (secondary N) is 2. The normalized spacial score (nSPS) is 16.4. The van der Waals surface area contributed by atoms with E-state index in [0.717, 1.165) is 48.6 Å². The van der Waals surface area contributed by atoms with Gasteiger partial charge in [0.05, 0.1) is 39.6 Å². The van der Waals surface area contributed by atoms with Gasteiger partial charge in [-0.1, -0.05) is 36.4 Å². The number of amides is 1. The highest BCUT2D eigenvalue weighted by molar-refractivity contribution is 5.72. The minimum Gasteiger partial charge on any atom is -0.496 e. The van der Waals surface area contributed by atoms with Crippen molar-refractivity contribution in [3.63, 3.8) is 0 Å². The fourth-order valence-electron chi connectivity index (χ4n) is 5.15. The minimum absolute atomic E-state index is 0.00347. The Bertz CT molecular complexity index is 1270. The molecule has 1 heterocycles. The maximum Gasteiger partial charge on any atom is 0.216 e. The second-order valence-electron chi connectivity index (χ2n) is 10.5. The van der Waals surface area contributed by atoms with E-state index in [2.05, 4.69) is 22.8 Å². The number of piperidine rings is 1. The summed E-state index contributed by atoms with van der Waals surface area (Å²) in [5.41, 5.74) is 3.09. The number of hydrogen-bond acceptors (Lipinski definition) is 7. The lowest BCUT2D eigenvalue weighted by molar-refractivity contribution is -0.118. The van der Waals surface area contributed by atoms with Crippen LogP contribution in [0.25, 0.3) is 0 Å². The number of halogens is 1. The Morgan fingerprint density at radius 1 is 0.953 bits per heavy atom. The lowest BCUT2D eigenvalue weighted by Crippen LogP contribution is -2.41. The second kappa shape index (κ2) is 17.5. The molecule has 0 aliphatic carbocycles. The van der Waals surface area contributed by atoms with Gasteiger partial charge in [-0.25, -0.2) is 4.39 Å². The standard InChI is InChI=1S/C34H43FN2O6/c1-25(38)37-17-14-27-8-11-29(35)22-33(27)42-20-21-43-34-23-36-16-15-31(34)26-9-12-30(13-10-26)41-19-5-18-40-24-28-6-3-4-7-32(28)39-2/h3-4,6-13,22,31,34,36H,5,14-21,23-24H2,1-2H3,(H,37,38)/t31-,34?/m1/s1. The van der Waals surface area contributed by atoms with E-state index < -0.39 is 0 Å². The van der Waals surface area contributed by atoms with Gasteiger partial charge in [0.25, 0.3) is 0 Å². The van der Waals surface area contributed by atoms with Crippen LogP contribution in [0.3, 0.4) is 0 Å². The van der Waals surface area contributed by atoms with E-state index in [9.17, 15) is 9.18 Å². The largest absolute Gasteiger partial charge is 0.496 e. The van der Waals surface area contributed by atoms with Crippen LogP contribution in [0.5, 0.6) is 17.2 Å². The van der Waals surface area contributed by atoms with E-state index in [1.54, 1.807) is 13.2 Å². The van der Waals surface area contributed by atoms with Crippen molar-refractivity contribution < 1.29 is 32.9 Å². The maximum atomic E-state index is 13.9. The van der Waals surface area contributed by atoms with Crippen molar-refractivity contribution in [2.24, 2.45) is 0 Å². The summed E-state index contributed by atoms with van der Waals surface area (Å²) in [5.74, 6) is 1.94. The number of rotatable bonds is 17. The van der Waals surface area contributed by atoms with Crippen molar-refractivity contribution in [2.75, 3.05) is 53.2 Å². The summed E-state index contributed by atoms with van der Waals surface area (Å²) >= 11 is 0. The maximum absolute atomic E-state index is 13.9. The number of carbonyl (C=O) groups excluding carboxylic acids is 1. The number of hydrogen-bond donors (Lipinski definition) is 2. The van der Waals surface area contributed by atoms with E-state index in [4.69, 9.17) is 23.7 Å². The van der Waals surface area contributed by atoms with Gasteiger partial charge >= 0.3 is 0 Å². The van der Waals surface area contributed by atoms with Crippen LogP contribution in [0.4, 0.5) is 4.39 Å². The Morgan fingerprint density at radius 2 is 1.79 bits per heavy atom. The number of ether oxygens (including phenoxy) is 5. The molecule has 9 heteroatoms. The average molecular weight is 595 g/mol. The van der Waals surface area contributed by atoms with Gasteiger partial charge in [-0.05, 0) is 54.8 Å². The predicted molar refractivity (Wildman–Crippen MR) is 163 cm³/mol. The van der Waals surface area contributed by atoms with E-state index in [1.165, 1.54) is 24.6 Å². The molecular weight excluding hydrogens is 551 g/mol. The summed E-state index contributed by atoms with van der Waals surface area (Å²) in [4.78, 5) is 11.2. The molecular formula is C34H43FN2O6. The first-order valence-electron chi connectivity index (χ1n) is 14.9. The van der Waals surface area contributed by atoms with E-state index >= 15 is 0 Å². The molecule has 2 atom stereocenters. The zero-order valence-corrected chi connectivity index (χ0v) is 25.1. The third-order valence-corrected chi connectivity index (χ3v) is 7.36. The molecule has 0 bridgehead atoms.